The average molecular weight is 264 g/mol. The van der Waals surface area contributed by atoms with E-state index in [1.165, 1.54) is 7.11 Å². The van der Waals surface area contributed by atoms with E-state index in [1.807, 2.05) is 13.8 Å². The highest BCUT2D eigenvalue weighted by Gasteiger charge is 2.60. The second-order valence-electron chi connectivity index (χ2n) is 3.96. The summed E-state index contributed by atoms with van der Waals surface area (Å²) in [5, 5.41) is 10.6. The van der Waals surface area contributed by atoms with Gasteiger partial charge in [0.25, 0.3) is 5.79 Å². The molecule has 0 spiro atoms. The number of ether oxygens (including phenoxy) is 5. The van der Waals surface area contributed by atoms with Gasteiger partial charge >= 0.3 is 5.97 Å². The number of aliphatic hydroxyl groups is 1. The van der Waals surface area contributed by atoms with Crippen molar-refractivity contribution in [3.05, 3.63) is 0 Å². The molecule has 2 atom stereocenters. The summed E-state index contributed by atoms with van der Waals surface area (Å²) in [7, 11) is 1.52. The van der Waals surface area contributed by atoms with Crippen LogP contribution in [0.3, 0.4) is 0 Å². The molecular weight excluding hydrogens is 240 g/mol. The highest BCUT2D eigenvalue weighted by atomic mass is 16.9. The van der Waals surface area contributed by atoms with Crippen molar-refractivity contribution in [2.24, 2.45) is 0 Å². The summed E-state index contributed by atoms with van der Waals surface area (Å²) < 4.78 is 27.1. The lowest BCUT2D eigenvalue weighted by atomic mass is 10.0. The first-order valence-electron chi connectivity index (χ1n) is 6.42. The molecule has 1 fully saturated rings. The molecule has 0 aromatic rings. The van der Waals surface area contributed by atoms with E-state index in [-0.39, 0.29) is 6.61 Å². The van der Waals surface area contributed by atoms with Crippen LogP contribution in [0.1, 0.15) is 33.6 Å². The minimum atomic E-state index is -1.95. The Hall–Kier alpha value is -0.240. The second kappa shape index (κ2) is 6.79. The summed E-state index contributed by atoms with van der Waals surface area (Å²) in [6, 6.07) is 0. The summed E-state index contributed by atoms with van der Waals surface area (Å²) in [6.07, 6.45) is 0.464. The smallest absolute Gasteiger partial charge is 0.340 e. The molecule has 0 amide bonds. The molecule has 0 aromatic carbocycles. The quantitative estimate of drug-likeness (QED) is 0.697. The molecule has 1 N–H and O–H groups in total. The van der Waals surface area contributed by atoms with E-state index in [4.69, 9.17) is 23.7 Å². The van der Waals surface area contributed by atoms with Gasteiger partial charge in [0.15, 0.2) is 6.29 Å². The van der Waals surface area contributed by atoms with Crippen LogP contribution in [0.4, 0.5) is 0 Å². The minimum absolute atomic E-state index is 0.273. The van der Waals surface area contributed by atoms with Gasteiger partial charge in [-0.3, -0.25) is 4.74 Å². The molecule has 108 valence electrons. The first-order chi connectivity index (χ1) is 8.57. The fraction of sp³-hybridized carbons (Fsp3) is 1.00. The molecule has 0 bridgehead atoms. The molecule has 0 saturated carbocycles. The van der Waals surface area contributed by atoms with Gasteiger partial charge in [0.2, 0.25) is 0 Å². The van der Waals surface area contributed by atoms with Gasteiger partial charge in [-0.05, 0) is 20.8 Å². The third-order valence-corrected chi connectivity index (χ3v) is 2.84. The van der Waals surface area contributed by atoms with Crippen LogP contribution in [0.25, 0.3) is 0 Å². The predicted molar refractivity (Wildman–Crippen MR) is 63.7 cm³/mol. The van der Waals surface area contributed by atoms with E-state index in [0.717, 1.165) is 0 Å². The Morgan fingerprint density at radius 1 is 1.11 bits per heavy atom. The van der Waals surface area contributed by atoms with Gasteiger partial charge in [-0.1, -0.05) is 0 Å². The van der Waals surface area contributed by atoms with Crippen LogP contribution in [0.15, 0.2) is 0 Å². The van der Waals surface area contributed by atoms with Crippen LogP contribution in [-0.2, 0) is 23.7 Å². The molecule has 1 heterocycles. The second-order valence-corrected chi connectivity index (χ2v) is 3.96. The lowest BCUT2D eigenvalue weighted by Crippen LogP contribution is -2.65. The fourth-order valence-corrected chi connectivity index (χ4v) is 2.13. The Morgan fingerprint density at radius 3 is 2.11 bits per heavy atom. The predicted octanol–water partition coefficient (Wildman–Crippen LogP) is 1.22. The van der Waals surface area contributed by atoms with Crippen LogP contribution in [0.2, 0.25) is 0 Å². The fourth-order valence-electron chi connectivity index (χ4n) is 2.13. The van der Waals surface area contributed by atoms with Crippen molar-refractivity contribution >= 4 is 0 Å². The van der Waals surface area contributed by atoms with Crippen LogP contribution >= 0.6 is 0 Å². The van der Waals surface area contributed by atoms with Gasteiger partial charge in [0, 0.05) is 39.8 Å². The Morgan fingerprint density at radius 2 is 1.67 bits per heavy atom. The van der Waals surface area contributed by atoms with Crippen molar-refractivity contribution in [1.29, 1.82) is 0 Å². The molecule has 1 rings (SSSR count). The zero-order chi connectivity index (χ0) is 13.6. The van der Waals surface area contributed by atoms with Crippen molar-refractivity contribution in [2.75, 3.05) is 26.9 Å². The minimum Gasteiger partial charge on any atom is -0.356 e. The Balaban J connectivity index is 2.96. The molecule has 2 unspecified atom stereocenters. The first kappa shape index (κ1) is 15.8. The van der Waals surface area contributed by atoms with Gasteiger partial charge < -0.3 is 24.1 Å². The lowest BCUT2D eigenvalue weighted by Gasteiger charge is -2.48. The standard InChI is InChI=1S/C12H24O6/c1-5-15-11(16-6-2)9-8-10(14-4)18-12(11,13)17-7-3/h10,13H,5-9H2,1-4H3. The zero-order valence-corrected chi connectivity index (χ0v) is 11.6. The molecule has 0 aromatic heterocycles. The van der Waals surface area contributed by atoms with Crippen LogP contribution in [0.5, 0.6) is 0 Å². The molecular formula is C12H24O6. The number of hydrogen-bond acceptors (Lipinski definition) is 6. The van der Waals surface area contributed by atoms with Crippen molar-refractivity contribution in [3.8, 4) is 0 Å². The summed E-state index contributed by atoms with van der Waals surface area (Å²) >= 11 is 0. The molecule has 6 nitrogen and oxygen atoms in total. The van der Waals surface area contributed by atoms with Crippen molar-refractivity contribution < 1.29 is 28.8 Å². The zero-order valence-electron chi connectivity index (χ0n) is 11.6. The molecule has 1 aliphatic rings. The average Bonchev–Trinajstić information content (AvgIpc) is 2.34. The van der Waals surface area contributed by atoms with Crippen molar-refractivity contribution in [2.45, 2.75) is 51.7 Å². The van der Waals surface area contributed by atoms with E-state index in [9.17, 15) is 5.11 Å². The summed E-state index contributed by atoms with van der Waals surface area (Å²) in [4.78, 5) is 0. The largest absolute Gasteiger partial charge is 0.356 e. The van der Waals surface area contributed by atoms with Gasteiger partial charge in [-0.15, -0.1) is 0 Å². The maximum atomic E-state index is 10.6. The monoisotopic (exact) mass is 264 g/mol. The summed E-state index contributed by atoms with van der Waals surface area (Å²) in [5.41, 5.74) is 0. The number of methoxy groups -OCH3 is 1. The Labute approximate surface area is 108 Å². The third kappa shape index (κ3) is 3.01. The van der Waals surface area contributed by atoms with E-state index in [1.54, 1.807) is 6.92 Å². The van der Waals surface area contributed by atoms with Gasteiger partial charge in [-0.2, -0.15) is 0 Å². The molecule has 1 aliphatic heterocycles. The first-order valence-corrected chi connectivity index (χ1v) is 6.42. The van der Waals surface area contributed by atoms with Gasteiger partial charge in [-0.25, -0.2) is 0 Å². The molecule has 0 radical (unpaired) electrons. The van der Waals surface area contributed by atoms with E-state index in [2.05, 4.69) is 0 Å². The molecule has 1 saturated heterocycles. The van der Waals surface area contributed by atoms with Gasteiger partial charge in [0.1, 0.15) is 0 Å². The van der Waals surface area contributed by atoms with Crippen molar-refractivity contribution in [1.82, 2.24) is 0 Å². The van der Waals surface area contributed by atoms with Crippen LogP contribution in [-0.4, -0.2) is 50.1 Å². The molecule has 18 heavy (non-hydrogen) atoms. The van der Waals surface area contributed by atoms with Crippen molar-refractivity contribution in [3.63, 3.8) is 0 Å². The maximum absolute atomic E-state index is 10.6. The Kier molecular flexibility index (Phi) is 5.97. The maximum Gasteiger partial charge on any atom is 0.340 e. The SMILES string of the molecule is CCOC1(O)OC(OC)CCC1(OCC)OCC. The highest BCUT2D eigenvalue weighted by molar-refractivity contribution is 4.86. The topological polar surface area (TPSA) is 66.4 Å². The summed E-state index contributed by atoms with van der Waals surface area (Å²) in [6.45, 7) is 6.47. The van der Waals surface area contributed by atoms with E-state index >= 15 is 0 Å². The van der Waals surface area contributed by atoms with Gasteiger partial charge in [0.05, 0.1) is 0 Å². The molecule has 6 heteroatoms. The molecule has 0 aliphatic carbocycles. The lowest BCUT2D eigenvalue weighted by molar-refractivity contribution is -0.523. The number of rotatable bonds is 7. The Bertz CT molecular complexity index is 241. The highest BCUT2D eigenvalue weighted by Crippen LogP contribution is 2.41. The van der Waals surface area contributed by atoms with E-state index < -0.39 is 18.1 Å². The normalized spacial score (nSPS) is 31.5. The third-order valence-electron chi connectivity index (χ3n) is 2.84. The van der Waals surface area contributed by atoms with Crippen LogP contribution < -0.4 is 0 Å². The van der Waals surface area contributed by atoms with E-state index in [0.29, 0.717) is 26.1 Å². The summed E-state index contributed by atoms with van der Waals surface area (Å²) in [5.74, 6) is -3.26. The number of hydrogen-bond donors (Lipinski definition) is 1. The van der Waals surface area contributed by atoms with Crippen LogP contribution in [0, 0.1) is 0 Å².